The van der Waals surface area contributed by atoms with E-state index in [0.717, 1.165) is 44.9 Å². The van der Waals surface area contributed by atoms with Crippen molar-refractivity contribution in [2.24, 2.45) is 11.8 Å². The Labute approximate surface area is 163 Å². The zero-order valence-corrected chi connectivity index (χ0v) is 16.8. The van der Waals surface area contributed by atoms with E-state index < -0.39 is 5.60 Å². The predicted molar refractivity (Wildman–Crippen MR) is 108 cm³/mol. The van der Waals surface area contributed by atoms with Crippen molar-refractivity contribution < 1.29 is 9.53 Å². The number of carbonyl (C=O) groups is 1. The summed E-state index contributed by atoms with van der Waals surface area (Å²) in [5.74, 6) is 1.45. The minimum atomic E-state index is -0.425. The molecule has 2 saturated heterocycles. The molecule has 2 heterocycles. The number of carbonyl (C=O) groups excluding carboxylic acids is 1. The maximum atomic E-state index is 12.2. The molecule has 0 N–H and O–H groups in total. The molecule has 1 aromatic rings. The van der Waals surface area contributed by atoms with Gasteiger partial charge in [0, 0.05) is 31.9 Å². The van der Waals surface area contributed by atoms with E-state index in [1.54, 1.807) is 0 Å². The van der Waals surface area contributed by atoms with Crippen molar-refractivity contribution in [1.82, 2.24) is 4.90 Å². The highest BCUT2D eigenvalue weighted by atomic mass is 16.6. The topological polar surface area (TPSA) is 37.1 Å². The van der Waals surface area contributed by atoms with Crippen LogP contribution in [-0.4, -0.2) is 42.8 Å². The second-order valence-electron chi connectivity index (χ2n) is 8.76. The summed E-state index contributed by atoms with van der Waals surface area (Å²) in [5, 5.41) is 0. The molecular weight excluding hydrogens is 338 g/mol. The van der Waals surface area contributed by atoms with Crippen LogP contribution < -0.4 is 4.90 Å². The fourth-order valence-corrected chi connectivity index (χ4v) is 4.27. The van der Waals surface area contributed by atoms with E-state index in [9.17, 15) is 4.79 Å². The van der Waals surface area contributed by atoms with Crippen LogP contribution >= 0.6 is 0 Å². The first-order valence-electron chi connectivity index (χ1n) is 10.1. The Hall–Kier alpha value is -2.22. The Bertz CT molecular complexity index is 688. The van der Waals surface area contributed by atoms with Gasteiger partial charge in [0.05, 0.1) is 6.57 Å². The average Bonchev–Trinajstić information content (AvgIpc) is 2.67. The summed E-state index contributed by atoms with van der Waals surface area (Å²) in [6.45, 7) is 16.7. The van der Waals surface area contributed by atoms with E-state index in [1.165, 1.54) is 18.5 Å². The number of nitrogens with zero attached hydrogens (tertiary/aromatic N) is 3. The van der Waals surface area contributed by atoms with E-state index in [0.29, 0.717) is 11.6 Å². The minimum Gasteiger partial charge on any atom is -0.444 e. The monoisotopic (exact) mass is 369 g/mol. The van der Waals surface area contributed by atoms with E-state index in [-0.39, 0.29) is 6.09 Å². The van der Waals surface area contributed by atoms with Crippen LogP contribution in [0.3, 0.4) is 0 Å². The standard InChI is InChI=1S/C22H31N3O2/c1-22(2,3)27-21(26)25-14-10-18(11-15-25)17-8-12-24(13-9-17)20-7-5-6-19(16-20)23-4/h5-7,16-18H,8-15H2,1-3H3. The van der Waals surface area contributed by atoms with Crippen LogP contribution in [-0.2, 0) is 4.74 Å². The Morgan fingerprint density at radius 3 is 2.22 bits per heavy atom. The fraction of sp³-hybridized carbons (Fsp3) is 0.636. The van der Waals surface area contributed by atoms with Crippen LogP contribution in [0, 0.1) is 18.4 Å². The van der Waals surface area contributed by atoms with Crippen LogP contribution in [0.2, 0.25) is 0 Å². The number of benzene rings is 1. The average molecular weight is 370 g/mol. The molecule has 2 aliphatic heterocycles. The Morgan fingerprint density at radius 1 is 1.07 bits per heavy atom. The Balaban J connectivity index is 1.47. The highest BCUT2D eigenvalue weighted by Crippen LogP contribution is 2.34. The lowest BCUT2D eigenvalue weighted by Gasteiger charge is -2.41. The molecule has 146 valence electrons. The van der Waals surface area contributed by atoms with Gasteiger partial charge in [-0.25, -0.2) is 9.64 Å². The van der Waals surface area contributed by atoms with Gasteiger partial charge in [-0.15, -0.1) is 0 Å². The number of anilines is 1. The molecular formula is C22H31N3O2. The summed E-state index contributed by atoms with van der Waals surface area (Å²) < 4.78 is 5.50. The summed E-state index contributed by atoms with van der Waals surface area (Å²) in [6.07, 6.45) is 4.38. The molecule has 1 aromatic carbocycles. The first-order chi connectivity index (χ1) is 12.9. The molecule has 0 aromatic heterocycles. The van der Waals surface area contributed by atoms with Crippen molar-refractivity contribution in [2.75, 3.05) is 31.1 Å². The van der Waals surface area contributed by atoms with Crippen molar-refractivity contribution >= 4 is 17.5 Å². The van der Waals surface area contributed by atoms with Gasteiger partial charge in [-0.3, -0.25) is 0 Å². The Morgan fingerprint density at radius 2 is 1.67 bits per heavy atom. The number of hydrogen-bond acceptors (Lipinski definition) is 3. The van der Waals surface area contributed by atoms with Crippen LogP contribution in [0.4, 0.5) is 16.2 Å². The lowest BCUT2D eigenvalue weighted by molar-refractivity contribution is 0.0152. The van der Waals surface area contributed by atoms with E-state index in [2.05, 4.69) is 15.8 Å². The van der Waals surface area contributed by atoms with Crippen LogP contribution in [0.25, 0.3) is 4.85 Å². The van der Waals surface area contributed by atoms with Gasteiger partial charge in [0.15, 0.2) is 5.69 Å². The lowest BCUT2D eigenvalue weighted by Crippen LogP contribution is -2.44. The van der Waals surface area contributed by atoms with Gasteiger partial charge in [0.25, 0.3) is 0 Å². The maximum absolute atomic E-state index is 12.2. The van der Waals surface area contributed by atoms with Crippen LogP contribution in [0.5, 0.6) is 0 Å². The summed E-state index contributed by atoms with van der Waals surface area (Å²) >= 11 is 0. The number of piperidine rings is 2. The van der Waals surface area contributed by atoms with Gasteiger partial charge in [-0.2, -0.15) is 0 Å². The second-order valence-corrected chi connectivity index (χ2v) is 8.76. The number of amides is 1. The zero-order chi connectivity index (χ0) is 19.4. The second kappa shape index (κ2) is 8.21. The van der Waals surface area contributed by atoms with Gasteiger partial charge in [0.2, 0.25) is 0 Å². The SMILES string of the molecule is [C-]#[N+]c1cccc(N2CCC(C3CCN(C(=O)OC(C)(C)C)CC3)CC2)c1. The summed E-state index contributed by atoms with van der Waals surface area (Å²) in [4.78, 5) is 20.0. The quantitative estimate of drug-likeness (QED) is 0.681. The molecule has 5 nitrogen and oxygen atoms in total. The molecule has 2 fully saturated rings. The van der Waals surface area contributed by atoms with Crippen molar-refractivity contribution in [3.63, 3.8) is 0 Å². The number of rotatable bonds is 2. The molecule has 0 saturated carbocycles. The summed E-state index contributed by atoms with van der Waals surface area (Å²) in [7, 11) is 0. The first-order valence-corrected chi connectivity index (χ1v) is 10.1. The summed E-state index contributed by atoms with van der Waals surface area (Å²) in [6, 6.07) is 7.93. The fourth-order valence-electron chi connectivity index (χ4n) is 4.27. The van der Waals surface area contributed by atoms with E-state index in [4.69, 9.17) is 11.3 Å². The highest BCUT2D eigenvalue weighted by molar-refractivity contribution is 5.68. The van der Waals surface area contributed by atoms with Crippen molar-refractivity contribution in [3.8, 4) is 0 Å². The van der Waals surface area contributed by atoms with Gasteiger partial charge in [0.1, 0.15) is 5.60 Å². The largest absolute Gasteiger partial charge is 0.444 e. The number of likely N-dealkylation sites (tertiary alicyclic amines) is 1. The highest BCUT2D eigenvalue weighted by Gasteiger charge is 2.32. The molecule has 0 atom stereocenters. The number of hydrogen-bond donors (Lipinski definition) is 0. The van der Waals surface area contributed by atoms with E-state index >= 15 is 0 Å². The minimum absolute atomic E-state index is 0.171. The zero-order valence-electron chi connectivity index (χ0n) is 16.8. The third kappa shape index (κ3) is 5.15. The Kier molecular flexibility index (Phi) is 5.94. The van der Waals surface area contributed by atoms with Gasteiger partial charge in [-0.05, 0) is 70.4 Å². The molecule has 2 aliphatic rings. The van der Waals surface area contributed by atoms with Crippen LogP contribution in [0.15, 0.2) is 24.3 Å². The molecule has 0 spiro atoms. The number of ether oxygens (including phenoxy) is 1. The maximum Gasteiger partial charge on any atom is 0.410 e. The predicted octanol–water partition coefficient (Wildman–Crippen LogP) is 5.10. The van der Waals surface area contributed by atoms with Crippen LogP contribution in [0.1, 0.15) is 46.5 Å². The van der Waals surface area contributed by atoms with Gasteiger partial charge >= 0.3 is 6.09 Å². The molecule has 0 aliphatic carbocycles. The molecule has 0 radical (unpaired) electrons. The normalized spacial score (nSPS) is 19.6. The van der Waals surface area contributed by atoms with Gasteiger partial charge in [-0.1, -0.05) is 12.1 Å². The molecule has 3 rings (SSSR count). The van der Waals surface area contributed by atoms with Gasteiger partial charge < -0.3 is 14.5 Å². The molecule has 27 heavy (non-hydrogen) atoms. The van der Waals surface area contributed by atoms with Crippen molar-refractivity contribution in [1.29, 1.82) is 0 Å². The molecule has 1 amide bonds. The summed E-state index contributed by atoms with van der Waals surface area (Å²) in [5.41, 5.74) is 1.46. The third-order valence-corrected chi connectivity index (χ3v) is 5.72. The molecule has 0 bridgehead atoms. The molecule has 5 heteroatoms. The van der Waals surface area contributed by atoms with Crippen molar-refractivity contribution in [2.45, 2.75) is 52.1 Å². The van der Waals surface area contributed by atoms with E-state index in [1.807, 2.05) is 43.9 Å². The smallest absolute Gasteiger partial charge is 0.410 e. The first kappa shape index (κ1) is 19.5. The van der Waals surface area contributed by atoms with Crippen molar-refractivity contribution in [3.05, 3.63) is 35.7 Å². The third-order valence-electron chi connectivity index (χ3n) is 5.72. The lowest BCUT2D eigenvalue weighted by atomic mass is 9.79. The molecule has 0 unspecified atom stereocenters.